The zero-order valence-corrected chi connectivity index (χ0v) is 24.7. The number of ether oxygens (including phenoxy) is 3. The molecule has 0 unspecified atom stereocenters. The second-order valence-corrected chi connectivity index (χ2v) is 10.9. The average molecular weight is 593 g/mol. The van der Waals surface area contributed by atoms with Gasteiger partial charge in [0.15, 0.2) is 11.5 Å². The van der Waals surface area contributed by atoms with Gasteiger partial charge in [-0.2, -0.15) is 5.26 Å². The van der Waals surface area contributed by atoms with Crippen molar-refractivity contribution >= 4 is 56.3 Å². The van der Waals surface area contributed by atoms with E-state index >= 15 is 0 Å². The van der Waals surface area contributed by atoms with Crippen LogP contribution in [0.2, 0.25) is 5.02 Å². The van der Waals surface area contributed by atoms with Crippen LogP contribution in [-0.2, 0) is 0 Å². The van der Waals surface area contributed by atoms with Gasteiger partial charge >= 0.3 is 0 Å². The van der Waals surface area contributed by atoms with E-state index in [1.54, 1.807) is 17.0 Å². The van der Waals surface area contributed by atoms with Crippen molar-refractivity contribution in [2.45, 2.75) is 6.92 Å². The molecule has 3 heterocycles. The lowest BCUT2D eigenvalue weighted by atomic mass is 9.96. The van der Waals surface area contributed by atoms with Crippen LogP contribution in [0.15, 0.2) is 30.3 Å². The predicted octanol–water partition coefficient (Wildman–Crippen LogP) is 4.95. The van der Waals surface area contributed by atoms with E-state index in [1.165, 1.54) is 21.3 Å². The number of methoxy groups -OCH3 is 3. The summed E-state index contributed by atoms with van der Waals surface area (Å²) >= 11 is 7.39. The number of rotatable bonds is 6. The first-order valence-corrected chi connectivity index (χ1v) is 13.9. The van der Waals surface area contributed by atoms with E-state index in [0.717, 1.165) is 22.6 Å². The molecule has 1 fully saturated rings. The zero-order valence-electron chi connectivity index (χ0n) is 23.1. The Kier molecular flexibility index (Phi) is 7.71. The molecule has 0 atom stereocenters. The Balaban J connectivity index is 1.55. The minimum absolute atomic E-state index is 0.0366. The van der Waals surface area contributed by atoms with Crippen molar-refractivity contribution in [2.75, 3.05) is 63.9 Å². The van der Waals surface area contributed by atoms with Gasteiger partial charge in [-0.25, -0.2) is 4.98 Å². The summed E-state index contributed by atoms with van der Waals surface area (Å²) in [5.74, 6) is 1.03. The van der Waals surface area contributed by atoms with Crippen LogP contribution in [0.5, 0.6) is 17.2 Å². The van der Waals surface area contributed by atoms with Gasteiger partial charge in [-0.1, -0.05) is 17.7 Å². The Bertz CT molecular complexity index is 1680. The van der Waals surface area contributed by atoms with Crippen molar-refractivity contribution in [2.24, 2.45) is 0 Å². The monoisotopic (exact) mass is 592 g/mol. The number of pyridine rings is 1. The lowest BCUT2D eigenvalue weighted by molar-refractivity contribution is 0.0752. The van der Waals surface area contributed by atoms with Crippen molar-refractivity contribution in [1.82, 2.24) is 9.88 Å². The third-order valence-corrected chi connectivity index (χ3v) is 8.57. The normalized spacial score (nSPS) is 13.3. The van der Waals surface area contributed by atoms with E-state index in [-0.39, 0.29) is 23.0 Å². The van der Waals surface area contributed by atoms with Gasteiger partial charge in [0.05, 0.1) is 27.0 Å². The first-order chi connectivity index (χ1) is 19.7. The molecule has 4 aromatic rings. The quantitative estimate of drug-likeness (QED) is 0.318. The molecule has 41 heavy (non-hydrogen) atoms. The molecule has 5 rings (SSSR count). The number of carbonyl (C=O) groups is 1. The van der Waals surface area contributed by atoms with Crippen molar-refractivity contribution in [1.29, 1.82) is 5.26 Å². The molecule has 0 spiro atoms. The molecule has 0 radical (unpaired) electrons. The number of nitrogens with two attached hydrogens (primary N) is 2. The minimum Gasteiger partial charge on any atom is -0.493 e. The van der Waals surface area contributed by atoms with Gasteiger partial charge in [0, 0.05) is 47.8 Å². The second-order valence-electron chi connectivity index (χ2n) is 9.51. The van der Waals surface area contributed by atoms with E-state index < -0.39 is 0 Å². The number of aryl methyl sites for hydroxylation is 1. The van der Waals surface area contributed by atoms with Crippen molar-refractivity contribution < 1.29 is 19.0 Å². The summed E-state index contributed by atoms with van der Waals surface area (Å²) in [6.07, 6.45) is 0. The van der Waals surface area contributed by atoms with Gasteiger partial charge in [0.2, 0.25) is 5.75 Å². The van der Waals surface area contributed by atoms with Crippen LogP contribution in [0.1, 0.15) is 20.8 Å². The number of fused-ring (bicyclic) bond motifs is 1. The van der Waals surface area contributed by atoms with E-state index in [0.29, 0.717) is 74.7 Å². The highest BCUT2D eigenvalue weighted by Crippen LogP contribution is 2.47. The first-order valence-electron chi connectivity index (χ1n) is 12.7. The van der Waals surface area contributed by atoms with E-state index in [1.807, 2.05) is 25.1 Å². The number of halogens is 1. The number of piperazine rings is 1. The lowest BCUT2D eigenvalue weighted by Crippen LogP contribution is -2.49. The van der Waals surface area contributed by atoms with Crippen LogP contribution in [0, 0.1) is 18.3 Å². The molecule has 4 N–H and O–H groups in total. The molecule has 12 heteroatoms. The Hall–Kier alpha value is -4.40. The number of nitrogen functional groups attached to an aromatic ring is 2. The minimum atomic E-state index is -0.194. The number of benzene rings is 2. The van der Waals surface area contributed by atoms with E-state index in [9.17, 15) is 10.1 Å². The standard InChI is InChI=1S/C29H29ClN6O4S/c1-15-5-6-17(30)13-19(15)35-7-9-36(10-8-35)29(37)26-24(32)23-22(18(14-31)27(33)34-28(23)41-26)16-11-20(38-2)25(40-4)21(12-16)39-3/h5-6,11-13H,7-10,32H2,1-4H3,(H2,33,34). The Morgan fingerprint density at radius 2 is 1.71 bits per heavy atom. The molecule has 212 valence electrons. The maximum Gasteiger partial charge on any atom is 0.266 e. The number of hydrogen-bond acceptors (Lipinski definition) is 10. The molecule has 1 aliphatic rings. The fraction of sp³-hybridized carbons (Fsp3) is 0.276. The maximum absolute atomic E-state index is 13.8. The lowest BCUT2D eigenvalue weighted by Gasteiger charge is -2.36. The number of nitrogens with zero attached hydrogens (tertiary/aromatic N) is 4. The molecular formula is C29H29ClN6O4S. The topological polar surface area (TPSA) is 140 Å². The third kappa shape index (κ3) is 4.90. The van der Waals surface area contributed by atoms with E-state index in [4.69, 9.17) is 37.3 Å². The SMILES string of the molecule is COc1cc(-c2c(C#N)c(N)nc3sc(C(=O)N4CCN(c5cc(Cl)ccc5C)CC4)c(N)c23)cc(OC)c1OC. The number of anilines is 3. The summed E-state index contributed by atoms with van der Waals surface area (Å²) in [5.41, 5.74) is 16.5. The average Bonchev–Trinajstić information content (AvgIpc) is 3.31. The van der Waals surface area contributed by atoms with Gasteiger partial charge in [0.25, 0.3) is 5.91 Å². The summed E-state index contributed by atoms with van der Waals surface area (Å²) in [5, 5.41) is 11.2. The summed E-state index contributed by atoms with van der Waals surface area (Å²) in [4.78, 5) is 23.0. The van der Waals surface area contributed by atoms with E-state index in [2.05, 4.69) is 16.0 Å². The van der Waals surface area contributed by atoms with Crippen LogP contribution in [0.3, 0.4) is 0 Å². The second kappa shape index (κ2) is 11.2. The largest absolute Gasteiger partial charge is 0.493 e. The van der Waals surface area contributed by atoms with Crippen molar-refractivity contribution in [3.8, 4) is 34.4 Å². The first kappa shape index (κ1) is 28.1. The third-order valence-electron chi connectivity index (χ3n) is 7.24. The molecule has 1 aliphatic heterocycles. The van der Waals surface area contributed by atoms with Crippen molar-refractivity contribution in [3.05, 3.63) is 51.4 Å². The highest BCUT2D eigenvalue weighted by atomic mass is 35.5. The highest BCUT2D eigenvalue weighted by Gasteiger charge is 2.30. The van der Waals surface area contributed by atoms with Gasteiger partial charge < -0.3 is 35.5 Å². The Labute approximate surface area is 246 Å². The number of hydrogen-bond donors (Lipinski definition) is 2. The van der Waals surface area contributed by atoms with Crippen LogP contribution in [0.25, 0.3) is 21.3 Å². The van der Waals surface area contributed by atoms with Gasteiger partial charge in [-0.15, -0.1) is 11.3 Å². The van der Waals surface area contributed by atoms with Crippen molar-refractivity contribution in [3.63, 3.8) is 0 Å². The maximum atomic E-state index is 13.8. The number of thiophene rings is 1. The summed E-state index contributed by atoms with van der Waals surface area (Å²) in [6, 6.07) is 11.4. The summed E-state index contributed by atoms with van der Waals surface area (Å²) < 4.78 is 16.5. The molecule has 0 saturated carbocycles. The molecule has 0 bridgehead atoms. The van der Waals surface area contributed by atoms with Crippen LogP contribution in [-0.4, -0.2) is 63.3 Å². The molecular weight excluding hydrogens is 564 g/mol. The molecule has 1 saturated heterocycles. The summed E-state index contributed by atoms with van der Waals surface area (Å²) in [7, 11) is 4.52. The molecule has 10 nitrogen and oxygen atoms in total. The van der Waals surface area contributed by atoms with Crippen LogP contribution < -0.4 is 30.6 Å². The van der Waals surface area contributed by atoms with Gasteiger partial charge in [-0.3, -0.25) is 4.79 Å². The fourth-order valence-corrected chi connectivity index (χ4v) is 6.42. The van der Waals surface area contributed by atoms with Gasteiger partial charge in [-0.05, 0) is 42.3 Å². The Morgan fingerprint density at radius 1 is 1.05 bits per heavy atom. The van der Waals surface area contributed by atoms with Gasteiger partial charge in [0.1, 0.15) is 27.2 Å². The number of aromatic nitrogens is 1. The Morgan fingerprint density at radius 3 is 2.29 bits per heavy atom. The molecule has 2 aromatic carbocycles. The molecule has 2 aromatic heterocycles. The molecule has 0 aliphatic carbocycles. The number of amides is 1. The number of nitriles is 1. The number of carbonyl (C=O) groups excluding carboxylic acids is 1. The van der Waals surface area contributed by atoms with Crippen LogP contribution >= 0.6 is 22.9 Å². The fourth-order valence-electron chi connectivity index (χ4n) is 5.17. The highest BCUT2D eigenvalue weighted by molar-refractivity contribution is 7.21. The van der Waals surface area contributed by atoms with Crippen LogP contribution in [0.4, 0.5) is 17.2 Å². The smallest absolute Gasteiger partial charge is 0.266 e. The predicted molar refractivity (Wildman–Crippen MR) is 163 cm³/mol. The summed E-state index contributed by atoms with van der Waals surface area (Å²) in [6.45, 7) is 4.37. The zero-order chi connectivity index (χ0) is 29.4. The molecule has 1 amide bonds.